The van der Waals surface area contributed by atoms with Gasteiger partial charge in [0.25, 0.3) is 0 Å². The summed E-state index contributed by atoms with van der Waals surface area (Å²) in [6.45, 7) is 4.23. The van der Waals surface area contributed by atoms with Crippen LogP contribution in [0.25, 0.3) is 0 Å². The predicted octanol–water partition coefficient (Wildman–Crippen LogP) is 4.09. The Morgan fingerprint density at radius 3 is 2.48 bits per heavy atom. The minimum absolute atomic E-state index is 0.00793. The summed E-state index contributed by atoms with van der Waals surface area (Å²) >= 11 is 0. The van der Waals surface area contributed by atoms with Crippen molar-refractivity contribution in [3.63, 3.8) is 0 Å². The number of nitrogens with zero attached hydrogens (tertiary/aromatic N) is 3. The summed E-state index contributed by atoms with van der Waals surface area (Å²) in [4.78, 5) is 18.0. The fraction of sp³-hybridized carbons (Fsp3) is 0.765. The van der Waals surface area contributed by atoms with Crippen LogP contribution >= 0.6 is 0 Å². The van der Waals surface area contributed by atoms with Crippen LogP contribution in [0.3, 0.4) is 0 Å². The highest BCUT2D eigenvalue weighted by Crippen LogP contribution is 2.40. The topological polar surface area (TPSA) is 38.1 Å². The third-order valence-electron chi connectivity index (χ3n) is 5.02. The number of rotatable bonds is 4. The van der Waals surface area contributed by atoms with E-state index in [1.54, 1.807) is 7.05 Å². The van der Waals surface area contributed by atoms with Crippen LogP contribution in [0.15, 0.2) is 12.4 Å². The molecule has 4 nitrogen and oxygen atoms in total. The smallest absolute Gasteiger partial charge is 0.319 e. The van der Waals surface area contributed by atoms with Gasteiger partial charge in [-0.25, -0.2) is 4.98 Å². The molecule has 0 atom stereocenters. The normalized spacial score (nSPS) is 22.4. The van der Waals surface area contributed by atoms with Crippen molar-refractivity contribution in [3.05, 3.63) is 18.2 Å². The van der Waals surface area contributed by atoms with Crippen LogP contribution in [-0.4, -0.2) is 27.4 Å². The second-order valence-electron chi connectivity index (χ2n) is 7.64. The van der Waals surface area contributed by atoms with Gasteiger partial charge in [-0.1, -0.05) is 20.8 Å². The van der Waals surface area contributed by atoms with Crippen LogP contribution in [0.1, 0.15) is 58.8 Å². The Bertz CT molecular complexity index is 528. The van der Waals surface area contributed by atoms with Gasteiger partial charge in [-0.2, -0.15) is 8.78 Å². The van der Waals surface area contributed by atoms with E-state index >= 15 is 0 Å². The number of imidazole rings is 1. The van der Waals surface area contributed by atoms with Crippen molar-refractivity contribution >= 4 is 5.91 Å². The Kier molecular flexibility index (Phi) is 5.42. The predicted molar refractivity (Wildman–Crippen MR) is 84.9 cm³/mol. The van der Waals surface area contributed by atoms with Crippen molar-refractivity contribution in [1.82, 2.24) is 14.5 Å². The monoisotopic (exact) mass is 327 g/mol. The molecule has 1 aliphatic rings. The van der Waals surface area contributed by atoms with Gasteiger partial charge in [-0.05, 0) is 37.0 Å². The number of halogens is 2. The molecule has 1 saturated carbocycles. The fourth-order valence-electron chi connectivity index (χ4n) is 3.45. The van der Waals surface area contributed by atoms with Crippen LogP contribution in [-0.2, 0) is 11.3 Å². The number of carbonyl (C=O) groups excluding carboxylic acids is 1. The zero-order valence-electron chi connectivity index (χ0n) is 14.4. The van der Waals surface area contributed by atoms with Gasteiger partial charge < -0.3 is 4.90 Å². The first kappa shape index (κ1) is 17.9. The van der Waals surface area contributed by atoms with Crippen LogP contribution in [0.5, 0.6) is 0 Å². The molecule has 0 aliphatic heterocycles. The molecule has 2 rings (SSSR count). The minimum Gasteiger partial charge on any atom is -0.338 e. The van der Waals surface area contributed by atoms with Crippen molar-refractivity contribution in [2.24, 2.45) is 17.3 Å². The summed E-state index contributed by atoms with van der Waals surface area (Å²) in [6.07, 6.45) is 6.46. The summed E-state index contributed by atoms with van der Waals surface area (Å²) < 4.78 is 26.5. The summed E-state index contributed by atoms with van der Waals surface area (Å²) in [7, 11) is 1.67. The molecule has 0 saturated heterocycles. The standard InChI is InChI=1S/C17H27F2N3O/c1-17(2,3)13-7-5-12(6-8-13)15(23)21(4)11-14-20-9-10-22(14)16(18)19/h9-10,12-13,16H,5-8,11H2,1-4H3. The van der Waals surface area contributed by atoms with Gasteiger partial charge in [0.15, 0.2) is 0 Å². The third-order valence-corrected chi connectivity index (χ3v) is 5.02. The van der Waals surface area contributed by atoms with Gasteiger partial charge in [0.2, 0.25) is 5.91 Å². The van der Waals surface area contributed by atoms with E-state index in [4.69, 9.17) is 0 Å². The number of carbonyl (C=O) groups is 1. The molecular formula is C17H27F2N3O. The second-order valence-corrected chi connectivity index (χ2v) is 7.64. The van der Waals surface area contributed by atoms with Crippen molar-refractivity contribution < 1.29 is 13.6 Å². The highest BCUT2D eigenvalue weighted by Gasteiger charge is 2.33. The van der Waals surface area contributed by atoms with E-state index in [0.717, 1.165) is 30.3 Å². The highest BCUT2D eigenvalue weighted by atomic mass is 19.3. The van der Waals surface area contributed by atoms with Gasteiger partial charge in [0.05, 0.1) is 6.54 Å². The molecule has 0 spiro atoms. The highest BCUT2D eigenvalue weighted by molar-refractivity contribution is 5.78. The maximum Gasteiger partial charge on any atom is 0.319 e. The van der Waals surface area contributed by atoms with Crippen molar-refractivity contribution in [2.75, 3.05) is 7.05 Å². The van der Waals surface area contributed by atoms with Crippen LogP contribution < -0.4 is 0 Å². The zero-order valence-corrected chi connectivity index (χ0v) is 14.4. The quantitative estimate of drug-likeness (QED) is 0.835. The molecule has 6 heteroatoms. The maximum atomic E-state index is 12.8. The number of amides is 1. The first-order valence-corrected chi connectivity index (χ1v) is 8.25. The van der Waals surface area contributed by atoms with Gasteiger partial charge in [-0.3, -0.25) is 9.36 Å². The Morgan fingerprint density at radius 1 is 1.35 bits per heavy atom. The fourth-order valence-corrected chi connectivity index (χ4v) is 3.45. The summed E-state index contributed by atoms with van der Waals surface area (Å²) in [6, 6.07) is 0. The van der Waals surface area contributed by atoms with Gasteiger partial charge in [0, 0.05) is 25.4 Å². The third kappa shape index (κ3) is 4.30. The summed E-state index contributed by atoms with van der Waals surface area (Å²) in [5.41, 5.74) is 0.280. The Balaban J connectivity index is 1.92. The number of hydrogen-bond donors (Lipinski definition) is 0. The largest absolute Gasteiger partial charge is 0.338 e. The van der Waals surface area contributed by atoms with E-state index in [-0.39, 0.29) is 29.6 Å². The first-order chi connectivity index (χ1) is 10.7. The van der Waals surface area contributed by atoms with Gasteiger partial charge in [0.1, 0.15) is 5.82 Å². The molecule has 1 heterocycles. The molecule has 1 fully saturated rings. The SMILES string of the molecule is CN(Cc1nccn1C(F)F)C(=O)C1CCC(C(C)(C)C)CC1. The lowest BCUT2D eigenvalue weighted by Gasteiger charge is -2.37. The van der Waals surface area contributed by atoms with E-state index in [9.17, 15) is 13.6 Å². The Labute approximate surface area is 136 Å². The van der Waals surface area contributed by atoms with Crippen LogP contribution in [0.2, 0.25) is 0 Å². The van der Waals surface area contributed by atoms with Gasteiger partial charge >= 0.3 is 6.55 Å². The number of hydrogen-bond acceptors (Lipinski definition) is 2. The molecule has 0 aromatic carbocycles. The van der Waals surface area contributed by atoms with E-state index in [2.05, 4.69) is 25.8 Å². The van der Waals surface area contributed by atoms with E-state index < -0.39 is 6.55 Å². The average molecular weight is 327 g/mol. The van der Waals surface area contributed by atoms with E-state index in [0.29, 0.717) is 5.92 Å². The van der Waals surface area contributed by atoms with Crippen molar-refractivity contribution in [1.29, 1.82) is 0 Å². The molecule has 1 aromatic heterocycles. The van der Waals surface area contributed by atoms with Crippen molar-refractivity contribution in [2.45, 2.75) is 59.5 Å². The van der Waals surface area contributed by atoms with E-state index in [1.165, 1.54) is 17.3 Å². The molecule has 1 aliphatic carbocycles. The molecule has 1 aromatic rings. The lowest BCUT2D eigenvalue weighted by atomic mass is 9.69. The van der Waals surface area contributed by atoms with Crippen molar-refractivity contribution in [3.8, 4) is 0 Å². The lowest BCUT2D eigenvalue weighted by molar-refractivity contribution is -0.136. The lowest BCUT2D eigenvalue weighted by Crippen LogP contribution is -2.36. The minimum atomic E-state index is -2.63. The molecule has 0 unspecified atom stereocenters. The molecule has 0 N–H and O–H groups in total. The first-order valence-electron chi connectivity index (χ1n) is 8.25. The van der Waals surface area contributed by atoms with Crippen LogP contribution in [0.4, 0.5) is 8.78 Å². The van der Waals surface area contributed by atoms with Crippen LogP contribution in [0, 0.1) is 17.3 Å². The summed E-state index contributed by atoms with van der Waals surface area (Å²) in [5, 5.41) is 0. The van der Waals surface area contributed by atoms with Gasteiger partial charge in [-0.15, -0.1) is 0 Å². The zero-order chi connectivity index (χ0) is 17.2. The Morgan fingerprint density at radius 2 is 1.96 bits per heavy atom. The van der Waals surface area contributed by atoms with E-state index in [1.807, 2.05) is 0 Å². The molecule has 23 heavy (non-hydrogen) atoms. The molecular weight excluding hydrogens is 300 g/mol. The molecule has 0 radical (unpaired) electrons. The molecule has 130 valence electrons. The molecule has 0 bridgehead atoms. The molecule has 1 amide bonds. The maximum absolute atomic E-state index is 12.8. The average Bonchev–Trinajstić information content (AvgIpc) is 2.94. The second kappa shape index (κ2) is 6.97. The Hall–Kier alpha value is -1.46. The number of alkyl halides is 2. The summed E-state index contributed by atoms with van der Waals surface area (Å²) in [5.74, 6) is 0.920. The number of aromatic nitrogens is 2.